The molecule has 1 atom stereocenters. The molecule has 4 heteroatoms. The van der Waals surface area contributed by atoms with Gasteiger partial charge in [-0.2, -0.15) is 0 Å². The van der Waals surface area contributed by atoms with Gasteiger partial charge in [0, 0.05) is 18.3 Å². The number of aryl methyl sites for hydroxylation is 1. The molecule has 2 N–H and O–H groups in total. The molecule has 0 aromatic heterocycles. The van der Waals surface area contributed by atoms with Crippen LogP contribution in [0.2, 0.25) is 0 Å². The standard InChI is InChI=1S/C19H20N2O2/c1-13(22)20-15-8-5-9-16(12-15)21-19(23)18-11-4-7-14-6-2-3-10-17(14)18/h2-3,5-6,8-10,12,18H,4,7,11H2,1H3,(H,20,22)(H,21,23). The molecule has 0 radical (unpaired) electrons. The molecule has 1 unspecified atom stereocenters. The third kappa shape index (κ3) is 3.59. The van der Waals surface area contributed by atoms with Gasteiger partial charge in [0.1, 0.15) is 0 Å². The van der Waals surface area contributed by atoms with Crippen molar-refractivity contribution in [1.82, 2.24) is 0 Å². The largest absolute Gasteiger partial charge is 0.326 e. The Morgan fingerprint density at radius 2 is 1.74 bits per heavy atom. The quantitative estimate of drug-likeness (QED) is 0.908. The van der Waals surface area contributed by atoms with E-state index in [0.717, 1.165) is 24.8 Å². The molecule has 1 aliphatic rings. The fourth-order valence-electron chi connectivity index (χ4n) is 3.13. The fraction of sp³-hybridized carbons (Fsp3) is 0.263. The monoisotopic (exact) mass is 308 g/mol. The van der Waals surface area contributed by atoms with Crippen LogP contribution in [0.15, 0.2) is 48.5 Å². The van der Waals surface area contributed by atoms with Crippen LogP contribution in [0.25, 0.3) is 0 Å². The van der Waals surface area contributed by atoms with Crippen molar-refractivity contribution < 1.29 is 9.59 Å². The van der Waals surface area contributed by atoms with E-state index in [1.165, 1.54) is 12.5 Å². The number of rotatable bonds is 3. The van der Waals surface area contributed by atoms with Crippen molar-refractivity contribution in [2.75, 3.05) is 10.6 Å². The number of hydrogen-bond donors (Lipinski definition) is 2. The van der Waals surface area contributed by atoms with E-state index in [1.807, 2.05) is 30.3 Å². The molecule has 118 valence electrons. The Hall–Kier alpha value is -2.62. The summed E-state index contributed by atoms with van der Waals surface area (Å²) >= 11 is 0. The molecule has 0 fully saturated rings. The summed E-state index contributed by atoms with van der Waals surface area (Å²) in [5, 5.41) is 5.70. The van der Waals surface area contributed by atoms with Crippen LogP contribution in [-0.4, -0.2) is 11.8 Å². The number of hydrogen-bond acceptors (Lipinski definition) is 2. The van der Waals surface area contributed by atoms with Gasteiger partial charge in [-0.15, -0.1) is 0 Å². The van der Waals surface area contributed by atoms with Crippen molar-refractivity contribution in [3.63, 3.8) is 0 Å². The maximum Gasteiger partial charge on any atom is 0.231 e. The SMILES string of the molecule is CC(=O)Nc1cccc(NC(=O)C2CCCc3ccccc32)c1. The summed E-state index contributed by atoms with van der Waals surface area (Å²) in [7, 11) is 0. The molecule has 4 nitrogen and oxygen atoms in total. The molecular weight excluding hydrogens is 288 g/mol. The van der Waals surface area contributed by atoms with E-state index in [4.69, 9.17) is 0 Å². The van der Waals surface area contributed by atoms with Crippen LogP contribution in [0.5, 0.6) is 0 Å². The summed E-state index contributed by atoms with van der Waals surface area (Å²) in [6, 6.07) is 15.4. The molecule has 0 bridgehead atoms. The van der Waals surface area contributed by atoms with Crippen molar-refractivity contribution >= 4 is 23.2 Å². The predicted octanol–water partition coefficient (Wildman–Crippen LogP) is 3.70. The minimum atomic E-state index is -0.130. The van der Waals surface area contributed by atoms with Gasteiger partial charge in [0.2, 0.25) is 11.8 Å². The molecule has 23 heavy (non-hydrogen) atoms. The second kappa shape index (κ2) is 6.65. The second-order valence-corrected chi connectivity index (χ2v) is 5.89. The molecule has 0 heterocycles. The number of carbonyl (C=O) groups excluding carboxylic acids is 2. The molecule has 2 aromatic rings. The van der Waals surface area contributed by atoms with E-state index in [1.54, 1.807) is 12.1 Å². The lowest BCUT2D eigenvalue weighted by atomic mass is 9.82. The Balaban J connectivity index is 1.76. The normalized spacial score (nSPS) is 16.3. The van der Waals surface area contributed by atoms with Gasteiger partial charge in [-0.25, -0.2) is 0 Å². The third-order valence-electron chi connectivity index (χ3n) is 4.14. The number of anilines is 2. The second-order valence-electron chi connectivity index (χ2n) is 5.89. The van der Waals surface area contributed by atoms with Crippen LogP contribution in [0.3, 0.4) is 0 Å². The Kier molecular flexibility index (Phi) is 4.42. The molecule has 0 saturated heterocycles. The highest BCUT2D eigenvalue weighted by atomic mass is 16.2. The Labute approximate surface area is 135 Å². The summed E-state index contributed by atoms with van der Waals surface area (Å²) < 4.78 is 0. The van der Waals surface area contributed by atoms with E-state index in [2.05, 4.69) is 16.7 Å². The Bertz CT molecular complexity index is 740. The smallest absolute Gasteiger partial charge is 0.231 e. The molecular formula is C19H20N2O2. The lowest BCUT2D eigenvalue weighted by Gasteiger charge is -2.24. The number of nitrogens with one attached hydrogen (secondary N) is 2. The molecule has 2 amide bonds. The Morgan fingerprint density at radius 3 is 2.52 bits per heavy atom. The van der Waals surface area contributed by atoms with E-state index < -0.39 is 0 Å². The predicted molar refractivity (Wildman–Crippen MR) is 91.5 cm³/mol. The van der Waals surface area contributed by atoms with Crippen LogP contribution in [0.4, 0.5) is 11.4 Å². The highest BCUT2D eigenvalue weighted by Gasteiger charge is 2.26. The average molecular weight is 308 g/mol. The van der Waals surface area contributed by atoms with Gasteiger partial charge >= 0.3 is 0 Å². The van der Waals surface area contributed by atoms with Crippen LogP contribution >= 0.6 is 0 Å². The van der Waals surface area contributed by atoms with Crippen molar-refractivity contribution in [2.24, 2.45) is 0 Å². The molecule has 1 aliphatic carbocycles. The van der Waals surface area contributed by atoms with Gasteiger partial charge in [-0.05, 0) is 48.6 Å². The van der Waals surface area contributed by atoms with Crippen LogP contribution < -0.4 is 10.6 Å². The van der Waals surface area contributed by atoms with Gasteiger partial charge in [0.15, 0.2) is 0 Å². The van der Waals surface area contributed by atoms with Gasteiger partial charge < -0.3 is 10.6 Å². The van der Waals surface area contributed by atoms with Crippen LogP contribution in [0, 0.1) is 0 Å². The molecule has 3 rings (SSSR count). The Morgan fingerprint density at radius 1 is 1.00 bits per heavy atom. The first-order valence-electron chi connectivity index (χ1n) is 7.90. The third-order valence-corrected chi connectivity index (χ3v) is 4.14. The van der Waals surface area contributed by atoms with Crippen LogP contribution in [0.1, 0.15) is 36.8 Å². The van der Waals surface area contributed by atoms with E-state index in [0.29, 0.717) is 11.4 Å². The lowest BCUT2D eigenvalue weighted by Crippen LogP contribution is -2.24. The van der Waals surface area contributed by atoms with Crippen molar-refractivity contribution in [2.45, 2.75) is 32.1 Å². The van der Waals surface area contributed by atoms with Gasteiger partial charge in [0.25, 0.3) is 0 Å². The van der Waals surface area contributed by atoms with E-state index >= 15 is 0 Å². The first-order chi connectivity index (χ1) is 11.1. The first kappa shape index (κ1) is 15.3. The summed E-state index contributed by atoms with van der Waals surface area (Å²) in [6.45, 7) is 1.46. The lowest BCUT2D eigenvalue weighted by molar-refractivity contribution is -0.118. The summed E-state index contributed by atoms with van der Waals surface area (Å²) in [5.74, 6) is -0.226. The highest BCUT2D eigenvalue weighted by molar-refractivity contribution is 5.97. The topological polar surface area (TPSA) is 58.2 Å². The number of fused-ring (bicyclic) bond motifs is 1. The fourth-order valence-corrected chi connectivity index (χ4v) is 3.13. The van der Waals surface area contributed by atoms with Crippen molar-refractivity contribution in [1.29, 1.82) is 0 Å². The molecule has 0 saturated carbocycles. The average Bonchev–Trinajstić information content (AvgIpc) is 2.54. The van der Waals surface area contributed by atoms with Crippen molar-refractivity contribution in [3.05, 3.63) is 59.7 Å². The van der Waals surface area contributed by atoms with Gasteiger partial charge in [-0.3, -0.25) is 9.59 Å². The van der Waals surface area contributed by atoms with E-state index in [9.17, 15) is 9.59 Å². The zero-order valence-corrected chi connectivity index (χ0v) is 13.1. The summed E-state index contributed by atoms with van der Waals surface area (Å²) in [4.78, 5) is 23.8. The number of amides is 2. The summed E-state index contributed by atoms with van der Waals surface area (Å²) in [5.41, 5.74) is 3.78. The zero-order chi connectivity index (χ0) is 16.2. The minimum absolute atomic E-state index is 0.0112. The van der Waals surface area contributed by atoms with E-state index in [-0.39, 0.29) is 17.7 Å². The molecule has 0 aliphatic heterocycles. The zero-order valence-electron chi connectivity index (χ0n) is 13.1. The summed E-state index contributed by atoms with van der Waals surface area (Å²) in [6.07, 6.45) is 2.94. The molecule has 0 spiro atoms. The maximum absolute atomic E-state index is 12.7. The van der Waals surface area contributed by atoms with Gasteiger partial charge in [0.05, 0.1) is 5.92 Å². The number of benzene rings is 2. The maximum atomic E-state index is 12.7. The van der Waals surface area contributed by atoms with Gasteiger partial charge in [-0.1, -0.05) is 30.3 Å². The number of carbonyl (C=O) groups is 2. The first-order valence-corrected chi connectivity index (χ1v) is 7.90. The highest BCUT2D eigenvalue weighted by Crippen LogP contribution is 2.32. The molecule has 2 aromatic carbocycles. The van der Waals surface area contributed by atoms with Crippen molar-refractivity contribution in [3.8, 4) is 0 Å². The van der Waals surface area contributed by atoms with Crippen LogP contribution in [-0.2, 0) is 16.0 Å². The minimum Gasteiger partial charge on any atom is -0.326 e.